The summed E-state index contributed by atoms with van der Waals surface area (Å²) >= 11 is 2.45. The van der Waals surface area contributed by atoms with Gasteiger partial charge in [0, 0.05) is 0 Å². The van der Waals surface area contributed by atoms with Crippen molar-refractivity contribution in [2.24, 2.45) is 0 Å². The fourth-order valence-electron chi connectivity index (χ4n) is 2.13. The lowest BCUT2D eigenvalue weighted by Crippen LogP contribution is -2.40. The third-order valence-electron chi connectivity index (χ3n) is 3.08. The van der Waals surface area contributed by atoms with Crippen LogP contribution in [0.5, 0.6) is 11.5 Å². The number of thioether (sulfide) groups is 1. The molecule has 0 fully saturated rings. The summed E-state index contributed by atoms with van der Waals surface area (Å²) in [4.78, 5) is 11.2. The minimum Gasteiger partial charge on any atom is -0.534 e. The number of rotatable bonds is 3. The quantitative estimate of drug-likeness (QED) is 0.593. The average molecular weight is 339 g/mol. The number of hydrogen-bond acceptors (Lipinski definition) is 9. The number of benzene rings is 1. The van der Waals surface area contributed by atoms with E-state index in [4.69, 9.17) is 15.5 Å². The molecular formula is C11H10BN3O5S2. The topological polar surface area (TPSA) is 139 Å². The third-order valence-corrected chi connectivity index (χ3v) is 5.15. The molecule has 2 aromatic rings. The predicted octanol–water partition coefficient (Wildman–Crippen LogP) is 0.640. The molecule has 0 amide bonds. The van der Waals surface area contributed by atoms with Crippen LogP contribution in [0.3, 0.4) is 0 Å². The molecular weight excluding hydrogens is 329 g/mol. The van der Waals surface area contributed by atoms with E-state index < -0.39 is 18.8 Å². The zero-order valence-electron chi connectivity index (χ0n) is 11.0. The Bertz CT molecular complexity index is 741. The van der Waals surface area contributed by atoms with Crippen molar-refractivity contribution in [1.82, 2.24) is 10.2 Å². The van der Waals surface area contributed by atoms with Crippen LogP contribution >= 0.6 is 23.1 Å². The maximum atomic E-state index is 11.2. The van der Waals surface area contributed by atoms with Crippen molar-refractivity contribution < 1.29 is 24.7 Å². The Kier molecular flexibility index (Phi) is 3.85. The van der Waals surface area contributed by atoms with Crippen molar-refractivity contribution >= 4 is 41.3 Å². The van der Waals surface area contributed by atoms with E-state index in [-0.39, 0.29) is 16.5 Å². The molecule has 0 spiro atoms. The van der Waals surface area contributed by atoms with Crippen LogP contribution in [0.25, 0.3) is 0 Å². The summed E-state index contributed by atoms with van der Waals surface area (Å²) in [6.45, 7) is 0. The summed E-state index contributed by atoms with van der Waals surface area (Å²) in [5.74, 6) is -1.72. The molecule has 0 bridgehead atoms. The second-order valence-corrected chi connectivity index (χ2v) is 7.02. The van der Waals surface area contributed by atoms with Crippen LogP contribution in [0.15, 0.2) is 16.5 Å². The monoisotopic (exact) mass is 339 g/mol. The van der Waals surface area contributed by atoms with Gasteiger partial charge in [-0.2, -0.15) is 0 Å². The van der Waals surface area contributed by atoms with Gasteiger partial charge in [-0.25, -0.2) is 4.79 Å². The highest BCUT2D eigenvalue weighted by Crippen LogP contribution is 2.40. The van der Waals surface area contributed by atoms with Gasteiger partial charge in [0.25, 0.3) is 0 Å². The largest absolute Gasteiger partial charge is 0.537 e. The van der Waals surface area contributed by atoms with E-state index >= 15 is 0 Å². The highest BCUT2D eigenvalue weighted by atomic mass is 32.2. The predicted molar refractivity (Wildman–Crippen MR) is 81.3 cm³/mol. The highest BCUT2D eigenvalue weighted by Gasteiger charge is 2.39. The van der Waals surface area contributed by atoms with Gasteiger partial charge in [-0.1, -0.05) is 29.2 Å². The number of aromatic hydroxyl groups is 1. The summed E-state index contributed by atoms with van der Waals surface area (Å²) in [5.41, 5.74) is 5.76. The Morgan fingerprint density at radius 3 is 2.91 bits per heavy atom. The van der Waals surface area contributed by atoms with Crippen molar-refractivity contribution in [3.63, 3.8) is 0 Å². The van der Waals surface area contributed by atoms with E-state index in [0.29, 0.717) is 21.5 Å². The second-order valence-electron chi connectivity index (χ2n) is 4.53. The summed E-state index contributed by atoms with van der Waals surface area (Å²) in [6.07, 6.45) is 0.362. The van der Waals surface area contributed by atoms with Crippen molar-refractivity contribution in [2.45, 2.75) is 15.9 Å². The molecule has 1 aromatic heterocycles. The van der Waals surface area contributed by atoms with Crippen molar-refractivity contribution in [3.05, 3.63) is 23.3 Å². The molecule has 1 atom stereocenters. The number of carbonyl (C=O) groups is 1. The van der Waals surface area contributed by atoms with Gasteiger partial charge in [-0.3, -0.25) is 0 Å². The van der Waals surface area contributed by atoms with Gasteiger partial charge in [0.1, 0.15) is 17.1 Å². The fourth-order valence-corrected chi connectivity index (χ4v) is 4.07. The molecule has 5 N–H and O–H groups in total. The Morgan fingerprint density at radius 1 is 1.50 bits per heavy atom. The van der Waals surface area contributed by atoms with Gasteiger partial charge in [-0.05, 0) is 18.1 Å². The van der Waals surface area contributed by atoms with Crippen molar-refractivity contribution in [2.75, 3.05) is 5.73 Å². The van der Waals surface area contributed by atoms with E-state index in [1.165, 1.54) is 29.2 Å². The number of aromatic nitrogens is 2. The number of nitrogen functional groups attached to an aromatic ring is 1. The van der Waals surface area contributed by atoms with Gasteiger partial charge >= 0.3 is 13.1 Å². The Balaban J connectivity index is 1.89. The van der Waals surface area contributed by atoms with E-state index in [2.05, 4.69) is 10.2 Å². The van der Waals surface area contributed by atoms with Crippen molar-refractivity contribution in [1.29, 1.82) is 0 Å². The second kappa shape index (κ2) is 5.67. The van der Waals surface area contributed by atoms with E-state index in [9.17, 15) is 14.9 Å². The Labute approximate surface area is 133 Å². The zero-order chi connectivity index (χ0) is 15.9. The summed E-state index contributed by atoms with van der Waals surface area (Å²) < 4.78 is 5.90. The number of nitrogens with zero attached hydrogens (tertiary/aromatic N) is 2. The summed E-state index contributed by atoms with van der Waals surface area (Å²) in [6, 6.07) is 2.87. The van der Waals surface area contributed by atoms with Crippen LogP contribution in [0, 0.1) is 0 Å². The molecule has 0 unspecified atom stereocenters. The molecule has 0 radical (unpaired) electrons. The van der Waals surface area contributed by atoms with Crippen LogP contribution in [-0.2, 0) is 6.42 Å². The minimum atomic E-state index is -1.32. The highest BCUT2D eigenvalue weighted by molar-refractivity contribution is 8.02. The molecule has 0 saturated heterocycles. The first-order valence-electron chi connectivity index (χ1n) is 6.14. The first-order valence-corrected chi connectivity index (χ1v) is 7.84. The molecule has 22 heavy (non-hydrogen) atoms. The zero-order valence-corrected chi connectivity index (χ0v) is 12.6. The van der Waals surface area contributed by atoms with E-state index in [1.807, 2.05) is 0 Å². The molecule has 1 aliphatic rings. The number of carboxylic acid groups (broad SMARTS) is 1. The smallest absolute Gasteiger partial charge is 0.534 e. The first-order chi connectivity index (χ1) is 10.5. The number of phenols is 1. The lowest BCUT2D eigenvalue weighted by atomic mass is 9.77. The van der Waals surface area contributed by atoms with Gasteiger partial charge in [0.05, 0.1) is 5.15 Å². The minimum absolute atomic E-state index is 0.00590. The number of fused-ring (bicyclic) bond motifs is 1. The molecule has 11 heteroatoms. The number of hydrogen-bond donors (Lipinski definition) is 4. The summed E-state index contributed by atoms with van der Waals surface area (Å²) in [5, 5.41) is 36.4. The van der Waals surface area contributed by atoms with Crippen LogP contribution in [0.4, 0.5) is 5.13 Å². The van der Waals surface area contributed by atoms with Crippen molar-refractivity contribution in [3.8, 4) is 11.5 Å². The Hall–Kier alpha value is -1.98. The molecule has 1 aliphatic heterocycles. The molecule has 1 aromatic carbocycles. The van der Waals surface area contributed by atoms with Gasteiger partial charge in [-0.15, -0.1) is 10.2 Å². The van der Waals surface area contributed by atoms with E-state index in [1.54, 1.807) is 6.07 Å². The lowest BCUT2D eigenvalue weighted by Gasteiger charge is -2.27. The number of nitrogens with two attached hydrogens (primary N) is 1. The standard InChI is InChI=1S/C11H10BN3O5S2/c13-10-14-15-11(22-10)21-6-3-4-1-2-5(16)7(9(17)18)8(4)20-12(6)19/h1-2,6,16,19H,3H2,(H2,13,14)(H,17,18)/t6-/m0/s1. The fraction of sp³-hybridized carbons (Fsp3) is 0.182. The van der Waals surface area contributed by atoms with Gasteiger partial charge in [0.2, 0.25) is 5.13 Å². The maximum Gasteiger partial charge on any atom is 0.537 e. The third kappa shape index (κ3) is 2.70. The lowest BCUT2D eigenvalue weighted by molar-refractivity contribution is 0.0691. The molecule has 8 nitrogen and oxygen atoms in total. The van der Waals surface area contributed by atoms with Crippen LogP contribution in [0.2, 0.25) is 0 Å². The van der Waals surface area contributed by atoms with E-state index in [0.717, 1.165) is 0 Å². The van der Waals surface area contributed by atoms with Crippen LogP contribution in [0.1, 0.15) is 15.9 Å². The number of aromatic carboxylic acids is 1. The molecule has 0 saturated carbocycles. The number of anilines is 1. The van der Waals surface area contributed by atoms with Gasteiger partial charge in [0.15, 0.2) is 4.34 Å². The molecule has 0 aliphatic carbocycles. The molecule has 114 valence electrons. The Morgan fingerprint density at radius 2 is 2.27 bits per heavy atom. The van der Waals surface area contributed by atoms with Gasteiger partial charge < -0.3 is 25.6 Å². The van der Waals surface area contributed by atoms with Crippen LogP contribution < -0.4 is 10.4 Å². The summed E-state index contributed by atoms with van der Waals surface area (Å²) in [7, 11) is -1.23. The molecule has 3 rings (SSSR count). The normalized spacial score (nSPS) is 17.0. The van der Waals surface area contributed by atoms with Crippen LogP contribution in [-0.4, -0.2) is 43.7 Å². The molecule has 2 heterocycles. The maximum absolute atomic E-state index is 11.2. The first kappa shape index (κ1) is 14.9. The SMILES string of the molecule is Nc1nnc(S[C@H]2Cc3ccc(O)c(C(=O)O)c3OB2O)s1. The average Bonchev–Trinajstić information content (AvgIpc) is 2.85. The number of carboxylic acids is 1.